The lowest BCUT2D eigenvalue weighted by Gasteiger charge is -2.30. The second-order valence-electron chi connectivity index (χ2n) is 6.31. The van der Waals surface area contributed by atoms with Gasteiger partial charge in [0.05, 0.1) is 25.9 Å². The Morgan fingerprint density at radius 1 is 1.43 bits per heavy atom. The highest BCUT2D eigenvalue weighted by Crippen LogP contribution is 2.47. The maximum Gasteiger partial charge on any atom is 0.311 e. The Balaban J connectivity index is 2.04. The number of rotatable bonds is 3. The van der Waals surface area contributed by atoms with Crippen LogP contribution in [0, 0.1) is 5.41 Å². The molecule has 3 rings (SSSR count). The molecule has 2 aromatic rings. The molecule has 4 heteroatoms. The predicted molar refractivity (Wildman–Crippen MR) is 80.0 cm³/mol. The molecule has 0 amide bonds. The molecule has 1 aliphatic rings. The lowest BCUT2D eigenvalue weighted by Crippen LogP contribution is -2.26. The van der Waals surface area contributed by atoms with Crippen LogP contribution in [0.3, 0.4) is 0 Å². The molecule has 110 valence electrons. The number of esters is 1. The van der Waals surface area contributed by atoms with E-state index in [4.69, 9.17) is 4.74 Å². The average molecular weight is 284 g/mol. The van der Waals surface area contributed by atoms with E-state index in [0.29, 0.717) is 0 Å². The summed E-state index contributed by atoms with van der Waals surface area (Å²) in [4.78, 5) is 15.8. The van der Waals surface area contributed by atoms with Crippen molar-refractivity contribution in [3.8, 4) is 0 Å². The van der Waals surface area contributed by atoms with Crippen LogP contribution in [0.25, 0.3) is 0 Å². The average Bonchev–Trinajstić information content (AvgIpc) is 2.98. The third kappa shape index (κ3) is 2.35. The van der Waals surface area contributed by atoms with Gasteiger partial charge in [-0.2, -0.15) is 0 Å². The van der Waals surface area contributed by atoms with Gasteiger partial charge in [0, 0.05) is 11.9 Å². The molecule has 0 saturated carbocycles. The minimum absolute atomic E-state index is 0.0925. The fourth-order valence-electron chi connectivity index (χ4n) is 3.42. The summed E-state index contributed by atoms with van der Waals surface area (Å²) < 4.78 is 6.91. The Kier molecular flexibility index (Phi) is 3.32. The highest BCUT2D eigenvalue weighted by molar-refractivity contribution is 5.71. The van der Waals surface area contributed by atoms with E-state index in [9.17, 15) is 4.79 Å². The van der Waals surface area contributed by atoms with E-state index in [0.717, 1.165) is 12.1 Å². The molecule has 1 unspecified atom stereocenters. The van der Waals surface area contributed by atoms with Gasteiger partial charge < -0.3 is 9.30 Å². The number of nitrogens with zero attached hydrogens (tertiary/aromatic N) is 2. The first-order chi connectivity index (χ1) is 10.0. The van der Waals surface area contributed by atoms with Gasteiger partial charge >= 0.3 is 5.97 Å². The smallest absolute Gasteiger partial charge is 0.311 e. The maximum atomic E-state index is 11.6. The van der Waals surface area contributed by atoms with Gasteiger partial charge in [0.1, 0.15) is 0 Å². The summed E-state index contributed by atoms with van der Waals surface area (Å²) in [5, 5.41) is 0. The van der Waals surface area contributed by atoms with Crippen molar-refractivity contribution >= 4 is 5.97 Å². The van der Waals surface area contributed by atoms with Gasteiger partial charge in [-0.25, -0.2) is 4.98 Å². The summed E-state index contributed by atoms with van der Waals surface area (Å²) in [5.74, 6) is -0.235. The van der Waals surface area contributed by atoms with Crippen LogP contribution in [0.4, 0.5) is 0 Å². The Bertz CT molecular complexity index is 673. The number of carbonyl (C=O) groups is 1. The Labute approximate surface area is 124 Å². The van der Waals surface area contributed by atoms with Gasteiger partial charge in [0.2, 0.25) is 0 Å². The first-order valence-corrected chi connectivity index (χ1v) is 7.18. The number of hydrogen-bond donors (Lipinski definition) is 0. The van der Waals surface area contributed by atoms with Crippen LogP contribution in [0.15, 0.2) is 36.8 Å². The third-order valence-electron chi connectivity index (χ3n) is 4.31. The topological polar surface area (TPSA) is 44.1 Å². The van der Waals surface area contributed by atoms with Crippen LogP contribution in [-0.4, -0.2) is 22.6 Å². The van der Waals surface area contributed by atoms with E-state index >= 15 is 0 Å². The number of fused-ring (bicyclic) bond motifs is 1. The molecule has 1 aliphatic carbocycles. The fraction of sp³-hybridized carbons (Fsp3) is 0.412. The second kappa shape index (κ2) is 5.02. The minimum atomic E-state index is -0.235. The minimum Gasteiger partial charge on any atom is -0.469 e. The molecule has 4 nitrogen and oxygen atoms in total. The van der Waals surface area contributed by atoms with Crippen LogP contribution < -0.4 is 0 Å². The molecular formula is C17H20N2O2. The Morgan fingerprint density at radius 3 is 2.95 bits per heavy atom. The number of carbonyl (C=O) groups excluding carboxylic acids is 1. The third-order valence-corrected chi connectivity index (χ3v) is 4.31. The maximum absolute atomic E-state index is 11.6. The molecule has 21 heavy (non-hydrogen) atoms. The van der Waals surface area contributed by atoms with Crippen LogP contribution in [-0.2, 0) is 22.4 Å². The van der Waals surface area contributed by atoms with Crippen molar-refractivity contribution in [3.63, 3.8) is 0 Å². The molecule has 0 bridgehead atoms. The first kappa shape index (κ1) is 13.9. The number of hydrogen-bond acceptors (Lipinski definition) is 3. The molecule has 1 aromatic heterocycles. The highest BCUT2D eigenvalue weighted by atomic mass is 16.5. The highest BCUT2D eigenvalue weighted by Gasteiger charge is 2.40. The van der Waals surface area contributed by atoms with Crippen molar-refractivity contribution in [2.75, 3.05) is 7.11 Å². The number of ether oxygens (including phenoxy) is 1. The zero-order chi connectivity index (χ0) is 15.0. The predicted octanol–water partition coefficient (Wildman–Crippen LogP) is 2.77. The molecule has 1 aromatic carbocycles. The van der Waals surface area contributed by atoms with Gasteiger partial charge in [0.25, 0.3) is 0 Å². The molecule has 0 saturated heterocycles. The number of methoxy groups -OCH3 is 1. The van der Waals surface area contributed by atoms with E-state index in [1.165, 1.54) is 18.2 Å². The first-order valence-electron chi connectivity index (χ1n) is 7.18. The second-order valence-corrected chi connectivity index (χ2v) is 6.31. The van der Waals surface area contributed by atoms with E-state index in [1.54, 1.807) is 6.20 Å². The fourth-order valence-corrected chi connectivity index (χ4v) is 3.42. The SMILES string of the molecule is COC(=O)Cc1cncn1C1c2ccccc2CC1(C)C. The Hall–Kier alpha value is -2.10. The van der Waals surface area contributed by atoms with Crippen molar-refractivity contribution in [3.05, 3.63) is 53.6 Å². The lowest BCUT2D eigenvalue weighted by atomic mass is 9.85. The molecule has 0 radical (unpaired) electrons. The number of aromatic nitrogens is 2. The number of benzene rings is 1. The summed E-state index contributed by atoms with van der Waals surface area (Å²) in [7, 11) is 1.41. The van der Waals surface area contributed by atoms with Gasteiger partial charge in [-0.15, -0.1) is 0 Å². The normalized spacial score (nSPS) is 19.3. The molecule has 1 heterocycles. The van der Waals surface area contributed by atoms with Gasteiger partial charge in [0.15, 0.2) is 0 Å². The van der Waals surface area contributed by atoms with E-state index < -0.39 is 0 Å². The zero-order valence-corrected chi connectivity index (χ0v) is 12.7. The zero-order valence-electron chi connectivity index (χ0n) is 12.7. The summed E-state index contributed by atoms with van der Waals surface area (Å²) in [6.07, 6.45) is 4.87. The van der Waals surface area contributed by atoms with Crippen molar-refractivity contribution < 1.29 is 9.53 Å². The van der Waals surface area contributed by atoms with Crippen molar-refractivity contribution in [2.45, 2.75) is 32.7 Å². The molecule has 0 aliphatic heterocycles. The largest absolute Gasteiger partial charge is 0.469 e. The van der Waals surface area contributed by atoms with Crippen molar-refractivity contribution in [1.29, 1.82) is 0 Å². The van der Waals surface area contributed by atoms with Crippen LogP contribution in [0.5, 0.6) is 0 Å². The van der Waals surface area contributed by atoms with E-state index in [-0.39, 0.29) is 23.8 Å². The van der Waals surface area contributed by atoms with Crippen molar-refractivity contribution in [1.82, 2.24) is 9.55 Å². The summed E-state index contributed by atoms with van der Waals surface area (Å²) in [6, 6.07) is 8.73. The molecule has 1 atom stereocenters. The number of imidazole rings is 1. The standard InChI is InChI=1S/C17H20N2O2/c1-17(2)9-12-6-4-5-7-14(12)16(17)19-11-18-10-13(19)8-15(20)21-3/h4-7,10-11,16H,8-9H2,1-3H3. The van der Waals surface area contributed by atoms with Gasteiger partial charge in [-0.3, -0.25) is 4.79 Å². The summed E-state index contributed by atoms with van der Waals surface area (Å²) in [6.45, 7) is 4.53. The van der Waals surface area contributed by atoms with Crippen LogP contribution >= 0.6 is 0 Å². The van der Waals surface area contributed by atoms with E-state index in [1.807, 2.05) is 6.33 Å². The molecule has 0 N–H and O–H groups in total. The van der Waals surface area contributed by atoms with Crippen LogP contribution in [0.2, 0.25) is 0 Å². The van der Waals surface area contributed by atoms with Crippen LogP contribution in [0.1, 0.15) is 36.7 Å². The quantitative estimate of drug-likeness (QED) is 0.814. The monoisotopic (exact) mass is 284 g/mol. The van der Waals surface area contributed by atoms with Crippen molar-refractivity contribution in [2.24, 2.45) is 5.41 Å². The van der Waals surface area contributed by atoms with E-state index in [2.05, 4.69) is 47.7 Å². The Morgan fingerprint density at radius 2 is 2.19 bits per heavy atom. The van der Waals surface area contributed by atoms with Gasteiger partial charge in [-0.05, 0) is 23.0 Å². The molecular weight excluding hydrogens is 264 g/mol. The summed E-state index contributed by atoms with van der Waals surface area (Å²) in [5.41, 5.74) is 3.70. The molecule has 0 spiro atoms. The van der Waals surface area contributed by atoms with Gasteiger partial charge in [-0.1, -0.05) is 38.1 Å². The lowest BCUT2D eigenvalue weighted by molar-refractivity contribution is -0.139. The molecule has 0 fully saturated rings. The summed E-state index contributed by atoms with van der Waals surface area (Å²) >= 11 is 0.